The van der Waals surface area contributed by atoms with Gasteiger partial charge in [0.15, 0.2) is 11.5 Å². The number of carbonyl (C=O) groups is 2. The minimum Gasteiger partial charge on any atom is -0.477 e. The Labute approximate surface area is 129 Å². The lowest BCUT2D eigenvalue weighted by molar-refractivity contribution is 0.0694. The highest BCUT2D eigenvalue weighted by atomic mass is 16.7. The fourth-order valence-electron chi connectivity index (χ4n) is 2.32. The van der Waals surface area contributed by atoms with Crippen molar-refractivity contribution in [2.24, 2.45) is 0 Å². The number of methoxy groups -OCH3 is 1. The Balaban J connectivity index is 2.37. The average molecular weight is 320 g/mol. The van der Waals surface area contributed by atoms with Gasteiger partial charge in [0.1, 0.15) is 5.56 Å². The average Bonchev–Trinajstić information content (AvgIpc) is 2.99. The smallest absolute Gasteiger partial charge is 0.428 e. The molecule has 2 heterocycles. The molecule has 0 atom stereocenters. The zero-order valence-corrected chi connectivity index (χ0v) is 12.2. The van der Waals surface area contributed by atoms with Crippen LogP contribution in [0.5, 0.6) is 11.5 Å². The molecular formula is C14H12N2O7. The summed E-state index contributed by atoms with van der Waals surface area (Å²) in [6, 6.07) is 2.90. The quantitative estimate of drug-likeness (QED) is 0.870. The van der Waals surface area contributed by atoms with Gasteiger partial charge in [-0.05, 0) is 6.07 Å². The molecule has 1 aromatic carbocycles. The zero-order chi connectivity index (χ0) is 16.7. The number of fused-ring (bicyclic) bond motifs is 2. The Morgan fingerprint density at radius 1 is 1.30 bits per heavy atom. The number of carbonyl (C=O) groups excluding carboxylic acids is 1. The molecule has 1 aliphatic rings. The van der Waals surface area contributed by atoms with E-state index in [4.69, 9.17) is 9.47 Å². The number of ether oxygens (including phenoxy) is 3. The fourth-order valence-corrected chi connectivity index (χ4v) is 2.32. The Morgan fingerprint density at radius 3 is 2.57 bits per heavy atom. The first-order valence-corrected chi connectivity index (χ1v) is 6.48. The molecule has 0 spiro atoms. The maximum absolute atomic E-state index is 12.4. The third-order valence-electron chi connectivity index (χ3n) is 3.47. The van der Waals surface area contributed by atoms with Crippen LogP contribution in [0.15, 0.2) is 23.1 Å². The van der Waals surface area contributed by atoms with Crippen molar-refractivity contribution in [3.8, 4) is 11.5 Å². The van der Waals surface area contributed by atoms with Crippen molar-refractivity contribution in [1.82, 2.24) is 4.68 Å². The number of carboxylic acid groups (broad SMARTS) is 1. The van der Waals surface area contributed by atoms with Gasteiger partial charge in [-0.3, -0.25) is 9.47 Å². The van der Waals surface area contributed by atoms with Gasteiger partial charge in [-0.2, -0.15) is 0 Å². The highest BCUT2D eigenvalue weighted by molar-refractivity contribution is 5.94. The largest absolute Gasteiger partial charge is 0.477 e. The van der Waals surface area contributed by atoms with E-state index in [1.165, 1.54) is 31.0 Å². The van der Waals surface area contributed by atoms with Crippen LogP contribution in [0.4, 0.5) is 4.79 Å². The van der Waals surface area contributed by atoms with Crippen molar-refractivity contribution in [3.05, 3.63) is 34.1 Å². The topological polar surface area (TPSA) is 107 Å². The molecule has 1 aromatic heterocycles. The number of amides is 1. The minimum absolute atomic E-state index is 0.00151. The van der Waals surface area contributed by atoms with Crippen LogP contribution < -0.4 is 19.9 Å². The number of pyridine rings is 1. The molecule has 1 N–H and O–H groups in total. The molecule has 0 saturated heterocycles. The Hall–Kier alpha value is -3.23. The molecule has 9 nitrogen and oxygen atoms in total. The molecule has 3 rings (SSSR count). The molecule has 0 bridgehead atoms. The van der Waals surface area contributed by atoms with Gasteiger partial charge < -0.3 is 19.3 Å². The molecule has 0 fully saturated rings. The third-order valence-corrected chi connectivity index (χ3v) is 3.47. The molecule has 1 aliphatic heterocycles. The van der Waals surface area contributed by atoms with E-state index in [0.29, 0.717) is 11.5 Å². The molecule has 2 aromatic rings. The standard InChI is InChI=1S/C14H12N2O7/c1-15(14(20)21-2)16-5-8(13(18)19)12(17)7-3-10-11(4-9(7)16)23-6-22-10/h3-5H,6H2,1-2H3,(H,18,19). The van der Waals surface area contributed by atoms with E-state index in [9.17, 15) is 19.5 Å². The summed E-state index contributed by atoms with van der Waals surface area (Å²) in [6.07, 6.45) is 0.329. The van der Waals surface area contributed by atoms with Gasteiger partial charge in [0, 0.05) is 19.3 Å². The van der Waals surface area contributed by atoms with Crippen molar-refractivity contribution >= 4 is 23.0 Å². The summed E-state index contributed by atoms with van der Waals surface area (Å²) in [7, 11) is 2.57. The summed E-state index contributed by atoms with van der Waals surface area (Å²) < 4.78 is 16.3. The highest BCUT2D eigenvalue weighted by Gasteiger charge is 2.23. The minimum atomic E-state index is -1.40. The summed E-state index contributed by atoms with van der Waals surface area (Å²) in [6.45, 7) is -0.00151. The van der Waals surface area contributed by atoms with Gasteiger partial charge in [-0.25, -0.2) is 14.6 Å². The molecule has 9 heteroatoms. The lowest BCUT2D eigenvalue weighted by atomic mass is 10.1. The van der Waals surface area contributed by atoms with Crippen molar-refractivity contribution in [1.29, 1.82) is 0 Å². The van der Waals surface area contributed by atoms with Gasteiger partial charge in [0.2, 0.25) is 12.2 Å². The number of rotatable bonds is 2. The normalized spacial score (nSPS) is 12.3. The van der Waals surface area contributed by atoms with E-state index in [1.54, 1.807) is 0 Å². The predicted molar refractivity (Wildman–Crippen MR) is 77.8 cm³/mol. The Morgan fingerprint density at radius 2 is 1.96 bits per heavy atom. The van der Waals surface area contributed by atoms with Crippen LogP contribution in [0.2, 0.25) is 0 Å². The summed E-state index contributed by atoms with van der Waals surface area (Å²) in [5.74, 6) is -0.669. The number of carboxylic acids is 1. The molecular weight excluding hydrogens is 308 g/mol. The maximum atomic E-state index is 12.4. The van der Waals surface area contributed by atoms with Crippen molar-refractivity contribution < 1.29 is 28.9 Å². The van der Waals surface area contributed by atoms with E-state index in [1.807, 2.05) is 0 Å². The summed E-state index contributed by atoms with van der Waals surface area (Å²) in [5.41, 5.74) is -0.871. The number of benzene rings is 1. The van der Waals surface area contributed by atoms with Crippen molar-refractivity contribution in [2.45, 2.75) is 0 Å². The van der Waals surface area contributed by atoms with E-state index < -0.39 is 23.1 Å². The first-order valence-electron chi connectivity index (χ1n) is 6.48. The number of nitrogens with zero attached hydrogens (tertiary/aromatic N) is 2. The number of aromatic nitrogens is 1. The van der Waals surface area contributed by atoms with Crippen LogP contribution in [0.3, 0.4) is 0 Å². The molecule has 0 saturated carbocycles. The Bertz CT molecular complexity index is 887. The van der Waals surface area contributed by atoms with Crippen molar-refractivity contribution in [3.63, 3.8) is 0 Å². The second kappa shape index (κ2) is 5.20. The maximum Gasteiger partial charge on any atom is 0.428 e. The first kappa shape index (κ1) is 14.7. The van der Waals surface area contributed by atoms with Gasteiger partial charge in [0.25, 0.3) is 0 Å². The van der Waals surface area contributed by atoms with Gasteiger partial charge in [-0.15, -0.1) is 0 Å². The van der Waals surface area contributed by atoms with Gasteiger partial charge in [0.05, 0.1) is 18.0 Å². The van der Waals surface area contributed by atoms with Crippen molar-refractivity contribution in [2.75, 3.05) is 26.0 Å². The lowest BCUT2D eigenvalue weighted by Crippen LogP contribution is -2.38. The summed E-state index contributed by atoms with van der Waals surface area (Å²) in [4.78, 5) is 35.4. The number of hydrogen-bond acceptors (Lipinski definition) is 6. The monoisotopic (exact) mass is 320 g/mol. The molecule has 120 valence electrons. The molecule has 1 amide bonds. The predicted octanol–water partition coefficient (Wildman–Crippen LogP) is 0.763. The van der Waals surface area contributed by atoms with Crippen LogP contribution >= 0.6 is 0 Å². The first-order chi connectivity index (χ1) is 10.9. The van der Waals surface area contributed by atoms with E-state index >= 15 is 0 Å². The third kappa shape index (κ3) is 2.22. The highest BCUT2D eigenvalue weighted by Crippen LogP contribution is 2.35. The van der Waals surface area contributed by atoms with Crippen LogP contribution in [0.25, 0.3) is 10.9 Å². The second-order valence-electron chi connectivity index (χ2n) is 4.74. The molecule has 0 aliphatic carbocycles. The summed E-state index contributed by atoms with van der Waals surface area (Å²) >= 11 is 0. The van der Waals surface area contributed by atoms with E-state index in [0.717, 1.165) is 11.2 Å². The number of aromatic carboxylic acids is 1. The van der Waals surface area contributed by atoms with Gasteiger partial charge in [-0.1, -0.05) is 0 Å². The van der Waals surface area contributed by atoms with Crippen LogP contribution in [0, 0.1) is 0 Å². The Kier molecular flexibility index (Phi) is 3.32. The van der Waals surface area contributed by atoms with E-state index in [2.05, 4.69) is 4.74 Å². The van der Waals surface area contributed by atoms with Crippen LogP contribution in [-0.4, -0.2) is 42.8 Å². The number of hydrogen-bond donors (Lipinski definition) is 1. The second-order valence-corrected chi connectivity index (χ2v) is 4.74. The molecule has 0 unspecified atom stereocenters. The van der Waals surface area contributed by atoms with Crippen LogP contribution in [0.1, 0.15) is 10.4 Å². The molecule has 23 heavy (non-hydrogen) atoms. The zero-order valence-electron chi connectivity index (χ0n) is 12.2. The van der Waals surface area contributed by atoms with E-state index in [-0.39, 0.29) is 17.7 Å². The van der Waals surface area contributed by atoms with Crippen LogP contribution in [-0.2, 0) is 4.74 Å². The SMILES string of the molecule is COC(=O)N(C)n1cc(C(=O)O)c(=O)c2cc3c(cc21)OCO3. The lowest BCUT2D eigenvalue weighted by Gasteiger charge is -2.21. The summed E-state index contributed by atoms with van der Waals surface area (Å²) in [5, 5.41) is 10.3. The molecule has 0 radical (unpaired) electrons. The fraction of sp³-hybridized carbons (Fsp3) is 0.214. The van der Waals surface area contributed by atoms with Gasteiger partial charge >= 0.3 is 12.1 Å².